The molecule has 0 fully saturated rings. The number of carbonyl (C=O) groups is 1. The molecule has 1 aromatic heterocycles. The van der Waals surface area contributed by atoms with Crippen molar-refractivity contribution in [2.45, 2.75) is 6.54 Å². The SMILES string of the molecule is COc1ccc(CNC(=O)c2cnc(Nc3ccc(OC)c(OC)c3)cn2)cc1. The number of nitrogens with one attached hydrogen (secondary N) is 2. The first-order valence-corrected chi connectivity index (χ1v) is 8.85. The van der Waals surface area contributed by atoms with Crippen molar-refractivity contribution in [3.05, 3.63) is 66.1 Å². The molecule has 0 spiro atoms. The molecule has 1 heterocycles. The van der Waals surface area contributed by atoms with Gasteiger partial charge in [0, 0.05) is 18.3 Å². The van der Waals surface area contributed by atoms with Gasteiger partial charge in [-0.1, -0.05) is 12.1 Å². The summed E-state index contributed by atoms with van der Waals surface area (Å²) < 4.78 is 15.6. The van der Waals surface area contributed by atoms with E-state index < -0.39 is 0 Å². The van der Waals surface area contributed by atoms with Gasteiger partial charge in [-0.2, -0.15) is 0 Å². The molecule has 0 atom stereocenters. The number of anilines is 2. The Morgan fingerprint density at radius 3 is 2.28 bits per heavy atom. The summed E-state index contributed by atoms with van der Waals surface area (Å²) in [5, 5.41) is 5.93. The van der Waals surface area contributed by atoms with E-state index in [0.29, 0.717) is 23.9 Å². The number of benzene rings is 2. The number of aromatic nitrogens is 2. The van der Waals surface area contributed by atoms with Gasteiger partial charge in [0.15, 0.2) is 11.5 Å². The van der Waals surface area contributed by atoms with Crippen molar-refractivity contribution in [1.29, 1.82) is 0 Å². The summed E-state index contributed by atoms with van der Waals surface area (Å²) in [7, 11) is 4.76. The van der Waals surface area contributed by atoms with E-state index in [1.165, 1.54) is 12.4 Å². The smallest absolute Gasteiger partial charge is 0.271 e. The summed E-state index contributed by atoms with van der Waals surface area (Å²) in [6.07, 6.45) is 2.92. The highest BCUT2D eigenvalue weighted by atomic mass is 16.5. The maximum Gasteiger partial charge on any atom is 0.271 e. The Kier molecular flexibility index (Phi) is 6.47. The summed E-state index contributed by atoms with van der Waals surface area (Å²) >= 11 is 0. The number of rotatable bonds is 8. The van der Waals surface area contributed by atoms with Gasteiger partial charge in [-0.05, 0) is 29.8 Å². The van der Waals surface area contributed by atoms with E-state index in [1.54, 1.807) is 33.5 Å². The van der Waals surface area contributed by atoms with Crippen molar-refractivity contribution in [3.8, 4) is 17.2 Å². The second-order valence-corrected chi connectivity index (χ2v) is 6.01. The molecule has 29 heavy (non-hydrogen) atoms. The lowest BCUT2D eigenvalue weighted by molar-refractivity contribution is 0.0945. The molecule has 2 aromatic carbocycles. The van der Waals surface area contributed by atoms with Crippen LogP contribution in [0.25, 0.3) is 0 Å². The van der Waals surface area contributed by atoms with E-state index in [1.807, 2.05) is 30.3 Å². The first-order valence-electron chi connectivity index (χ1n) is 8.85. The number of hydrogen-bond acceptors (Lipinski definition) is 7. The summed E-state index contributed by atoms with van der Waals surface area (Å²) in [5.74, 6) is 2.20. The van der Waals surface area contributed by atoms with Crippen LogP contribution in [0.5, 0.6) is 17.2 Å². The average molecular weight is 394 g/mol. The largest absolute Gasteiger partial charge is 0.497 e. The summed E-state index contributed by atoms with van der Waals surface area (Å²) in [5.41, 5.74) is 1.95. The summed E-state index contributed by atoms with van der Waals surface area (Å²) in [4.78, 5) is 20.7. The Hall–Kier alpha value is -3.81. The molecule has 1 amide bonds. The fraction of sp³-hybridized carbons (Fsp3) is 0.190. The molecule has 8 heteroatoms. The van der Waals surface area contributed by atoms with E-state index in [2.05, 4.69) is 20.6 Å². The molecular weight excluding hydrogens is 372 g/mol. The number of carbonyl (C=O) groups excluding carboxylic acids is 1. The highest BCUT2D eigenvalue weighted by Gasteiger charge is 2.09. The molecule has 3 rings (SSSR count). The van der Waals surface area contributed by atoms with Gasteiger partial charge in [-0.15, -0.1) is 0 Å². The third kappa shape index (κ3) is 5.13. The van der Waals surface area contributed by atoms with Crippen LogP contribution in [-0.4, -0.2) is 37.2 Å². The summed E-state index contributed by atoms with van der Waals surface area (Å²) in [6.45, 7) is 0.385. The number of hydrogen-bond donors (Lipinski definition) is 2. The minimum atomic E-state index is -0.300. The van der Waals surface area contributed by atoms with Gasteiger partial charge in [0.1, 0.15) is 17.3 Å². The fourth-order valence-corrected chi connectivity index (χ4v) is 2.59. The number of ether oxygens (including phenoxy) is 3. The zero-order valence-corrected chi connectivity index (χ0v) is 16.4. The minimum Gasteiger partial charge on any atom is -0.497 e. The molecule has 0 unspecified atom stereocenters. The molecule has 0 aliphatic carbocycles. The van der Waals surface area contributed by atoms with Crippen LogP contribution in [0.3, 0.4) is 0 Å². The van der Waals surface area contributed by atoms with Gasteiger partial charge in [0.2, 0.25) is 0 Å². The molecule has 0 radical (unpaired) electrons. The molecule has 0 aliphatic rings. The van der Waals surface area contributed by atoms with Crippen molar-refractivity contribution >= 4 is 17.4 Å². The van der Waals surface area contributed by atoms with Crippen molar-refractivity contribution < 1.29 is 19.0 Å². The van der Waals surface area contributed by atoms with E-state index in [9.17, 15) is 4.79 Å². The third-order valence-corrected chi connectivity index (χ3v) is 4.15. The van der Waals surface area contributed by atoms with Crippen LogP contribution < -0.4 is 24.8 Å². The first kappa shape index (κ1) is 19.9. The fourth-order valence-electron chi connectivity index (χ4n) is 2.59. The molecule has 2 N–H and O–H groups in total. The normalized spacial score (nSPS) is 10.2. The lowest BCUT2D eigenvalue weighted by atomic mass is 10.2. The van der Waals surface area contributed by atoms with Crippen LogP contribution in [0.15, 0.2) is 54.9 Å². The Bertz CT molecular complexity index is 959. The van der Waals surface area contributed by atoms with E-state index in [-0.39, 0.29) is 11.6 Å². The van der Waals surface area contributed by atoms with Gasteiger partial charge >= 0.3 is 0 Å². The standard InChI is InChI=1S/C21H22N4O4/c1-27-16-7-4-14(5-8-16)11-24-21(26)17-12-23-20(13-22-17)25-15-6-9-18(28-2)19(10-15)29-3/h4-10,12-13H,11H2,1-3H3,(H,23,25)(H,24,26). The molecule has 0 aliphatic heterocycles. The highest BCUT2D eigenvalue weighted by molar-refractivity contribution is 5.92. The van der Waals surface area contributed by atoms with Crippen molar-refractivity contribution in [2.24, 2.45) is 0 Å². The molecule has 0 saturated carbocycles. The van der Waals surface area contributed by atoms with Crippen molar-refractivity contribution in [3.63, 3.8) is 0 Å². The molecule has 3 aromatic rings. The molecule has 150 valence electrons. The average Bonchev–Trinajstić information content (AvgIpc) is 2.78. The number of methoxy groups -OCH3 is 3. The molecule has 8 nitrogen and oxygen atoms in total. The van der Waals surface area contributed by atoms with Gasteiger partial charge in [-0.25, -0.2) is 9.97 Å². The zero-order valence-electron chi connectivity index (χ0n) is 16.4. The number of amides is 1. The van der Waals surface area contributed by atoms with Crippen LogP contribution in [-0.2, 0) is 6.54 Å². The Labute approximate surface area is 168 Å². The summed E-state index contributed by atoms with van der Waals surface area (Å²) in [6, 6.07) is 12.9. The van der Waals surface area contributed by atoms with Gasteiger partial charge in [0.05, 0.1) is 33.7 Å². The van der Waals surface area contributed by atoms with Crippen LogP contribution in [0.1, 0.15) is 16.1 Å². The topological polar surface area (TPSA) is 94.6 Å². The maximum absolute atomic E-state index is 12.3. The third-order valence-electron chi connectivity index (χ3n) is 4.15. The van der Waals surface area contributed by atoms with Crippen LogP contribution in [0.2, 0.25) is 0 Å². The van der Waals surface area contributed by atoms with Crippen LogP contribution >= 0.6 is 0 Å². The molecule has 0 saturated heterocycles. The van der Waals surface area contributed by atoms with Gasteiger partial charge in [-0.3, -0.25) is 4.79 Å². The maximum atomic E-state index is 12.3. The van der Waals surface area contributed by atoms with Crippen LogP contribution in [0.4, 0.5) is 11.5 Å². The zero-order chi connectivity index (χ0) is 20.6. The second kappa shape index (κ2) is 9.41. The second-order valence-electron chi connectivity index (χ2n) is 6.01. The van der Waals surface area contributed by atoms with Crippen molar-refractivity contribution in [2.75, 3.05) is 26.6 Å². The first-order chi connectivity index (χ1) is 14.1. The Morgan fingerprint density at radius 2 is 1.66 bits per heavy atom. The lowest BCUT2D eigenvalue weighted by Crippen LogP contribution is -2.24. The number of nitrogens with zero attached hydrogens (tertiary/aromatic N) is 2. The molecule has 0 bridgehead atoms. The van der Waals surface area contributed by atoms with E-state index >= 15 is 0 Å². The minimum absolute atomic E-state index is 0.233. The lowest BCUT2D eigenvalue weighted by Gasteiger charge is -2.11. The predicted octanol–water partition coefficient (Wildman–Crippen LogP) is 3.18. The highest BCUT2D eigenvalue weighted by Crippen LogP contribution is 2.30. The molecular formula is C21H22N4O4. The van der Waals surface area contributed by atoms with E-state index in [4.69, 9.17) is 14.2 Å². The Balaban J connectivity index is 1.59. The predicted molar refractivity (Wildman–Crippen MR) is 109 cm³/mol. The van der Waals surface area contributed by atoms with E-state index in [0.717, 1.165) is 17.0 Å². The van der Waals surface area contributed by atoms with Gasteiger partial charge in [0.25, 0.3) is 5.91 Å². The quantitative estimate of drug-likeness (QED) is 0.606. The monoisotopic (exact) mass is 394 g/mol. The van der Waals surface area contributed by atoms with Crippen molar-refractivity contribution in [1.82, 2.24) is 15.3 Å². The van der Waals surface area contributed by atoms with Gasteiger partial charge < -0.3 is 24.8 Å². The van der Waals surface area contributed by atoms with Crippen LogP contribution in [0, 0.1) is 0 Å². The Morgan fingerprint density at radius 1 is 0.897 bits per heavy atom.